The van der Waals surface area contributed by atoms with Crippen molar-refractivity contribution < 1.29 is 13.9 Å². The molecular formula is C20H25FN2O2S. The summed E-state index contributed by atoms with van der Waals surface area (Å²) in [5.41, 5.74) is 3.33. The van der Waals surface area contributed by atoms with E-state index in [1.54, 1.807) is 19.2 Å². The van der Waals surface area contributed by atoms with Gasteiger partial charge in [0.25, 0.3) is 0 Å². The summed E-state index contributed by atoms with van der Waals surface area (Å²) in [7, 11) is 1.66. The summed E-state index contributed by atoms with van der Waals surface area (Å²) in [6, 6.07) is 12.2. The fourth-order valence-electron chi connectivity index (χ4n) is 2.57. The van der Waals surface area contributed by atoms with Crippen LogP contribution in [0.3, 0.4) is 0 Å². The lowest BCUT2D eigenvalue weighted by atomic mass is 10.1. The van der Waals surface area contributed by atoms with Crippen LogP contribution in [-0.4, -0.2) is 43.4 Å². The molecule has 0 amide bonds. The summed E-state index contributed by atoms with van der Waals surface area (Å²) < 4.78 is 23.8. The molecule has 2 rings (SSSR count). The van der Waals surface area contributed by atoms with Crippen molar-refractivity contribution in [3.63, 3.8) is 0 Å². The highest BCUT2D eigenvalue weighted by molar-refractivity contribution is 7.80. The summed E-state index contributed by atoms with van der Waals surface area (Å²) in [6.45, 7) is 6.35. The van der Waals surface area contributed by atoms with Gasteiger partial charge in [0.15, 0.2) is 5.11 Å². The summed E-state index contributed by atoms with van der Waals surface area (Å²) in [5.74, 6) is 0.351. The van der Waals surface area contributed by atoms with E-state index in [4.69, 9.17) is 21.7 Å². The van der Waals surface area contributed by atoms with Crippen molar-refractivity contribution in [3.8, 4) is 5.75 Å². The van der Waals surface area contributed by atoms with Gasteiger partial charge in [0.05, 0.1) is 13.2 Å². The molecule has 140 valence electrons. The number of nitrogens with one attached hydrogen (secondary N) is 1. The van der Waals surface area contributed by atoms with Crippen molar-refractivity contribution in [2.24, 2.45) is 0 Å². The van der Waals surface area contributed by atoms with E-state index in [0.717, 1.165) is 5.69 Å². The van der Waals surface area contributed by atoms with Crippen molar-refractivity contribution in [3.05, 3.63) is 59.4 Å². The molecule has 2 aromatic carbocycles. The summed E-state index contributed by atoms with van der Waals surface area (Å²) in [5, 5.41) is 3.91. The molecule has 0 unspecified atom stereocenters. The van der Waals surface area contributed by atoms with Crippen LogP contribution in [0.25, 0.3) is 0 Å². The number of nitrogens with zero attached hydrogens (tertiary/aromatic N) is 1. The van der Waals surface area contributed by atoms with Gasteiger partial charge in [-0.1, -0.05) is 6.07 Å². The standard InChI is InChI=1S/C20H25FN2O2S/c1-15-12-16(2)14-18(13-15)22-20(26)23(8-10-24-3)9-11-25-19-6-4-17(21)5-7-19/h4-7,12-14H,8-11H2,1-3H3,(H,22,26). The van der Waals surface area contributed by atoms with Gasteiger partial charge in [-0.15, -0.1) is 0 Å². The van der Waals surface area contributed by atoms with E-state index in [1.165, 1.54) is 23.3 Å². The highest BCUT2D eigenvalue weighted by atomic mass is 32.1. The van der Waals surface area contributed by atoms with E-state index in [0.29, 0.717) is 37.2 Å². The molecule has 0 aromatic heterocycles. The Bertz CT molecular complexity index is 702. The zero-order valence-corrected chi connectivity index (χ0v) is 16.2. The molecule has 0 aliphatic heterocycles. The van der Waals surface area contributed by atoms with Crippen molar-refractivity contribution in [2.45, 2.75) is 13.8 Å². The van der Waals surface area contributed by atoms with Crippen LogP contribution in [0.2, 0.25) is 0 Å². The molecule has 0 saturated heterocycles. The Kier molecular flexibility index (Phi) is 7.81. The molecule has 2 aromatic rings. The molecule has 26 heavy (non-hydrogen) atoms. The minimum absolute atomic E-state index is 0.280. The van der Waals surface area contributed by atoms with Crippen molar-refractivity contribution in [1.29, 1.82) is 0 Å². The van der Waals surface area contributed by atoms with Crippen LogP contribution in [0.4, 0.5) is 10.1 Å². The van der Waals surface area contributed by atoms with Gasteiger partial charge < -0.3 is 19.7 Å². The lowest BCUT2D eigenvalue weighted by molar-refractivity contribution is 0.168. The van der Waals surface area contributed by atoms with Crippen molar-refractivity contribution in [1.82, 2.24) is 4.90 Å². The van der Waals surface area contributed by atoms with Gasteiger partial charge in [-0.2, -0.15) is 0 Å². The van der Waals surface area contributed by atoms with Crippen LogP contribution in [0, 0.1) is 19.7 Å². The number of benzene rings is 2. The molecule has 6 heteroatoms. The van der Waals surface area contributed by atoms with Gasteiger partial charge in [-0.3, -0.25) is 0 Å². The Morgan fingerprint density at radius 1 is 1.04 bits per heavy atom. The quantitative estimate of drug-likeness (QED) is 0.700. The number of hydrogen-bond acceptors (Lipinski definition) is 3. The maximum atomic E-state index is 12.9. The average Bonchev–Trinajstić information content (AvgIpc) is 2.58. The first-order valence-corrected chi connectivity index (χ1v) is 8.90. The molecule has 0 radical (unpaired) electrons. The van der Waals surface area contributed by atoms with Gasteiger partial charge >= 0.3 is 0 Å². The second kappa shape index (κ2) is 10.1. The minimum atomic E-state index is -0.280. The molecule has 0 spiro atoms. The number of methoxy groups -OCH3 is 1. The third kappa shape index (κ3) is 6.61. The van der Waals surface area contributed by atoms with E-state index in [9.17, 15) is 4.39 Å². The fourth-order valence-corrected chi connectivity index (χ4v) is 2.87. The predicted octanol–water partition coefficient (Wildman–Crippen LogP) is 4.17. The lowest BCUT2D eigenvalue weighted by Crippen LogP contribution is -2.39. The van der Waals surface area contributed by atoms with Crippen LogP contribution in [0.1, 0.15) is 11.1 Å². The number of anilines is 1. The molecule has 0 atom stereocenters. The second-order valence-electron chi connectivity index (χ2n) is 6.09. The molecule has 0 fully saturated rings. The second-order valence-corrected chi connectivity index (χ2v) is 6.48. The third-order valence-corrected chi connectivity index (χ3v) is 4.13. The van der Waals surface area contributed by atoms with Crippen LogP contribution in [0.5, 0.6) is 5.75 Å². The summed E-state index contributed by atoms with van der Waals surface area (Å²) in [6.07, 6.45) is 0. The van der Waals surface area contributed by atoms with Gasteiger partial charge in [-0.25, -0.2) is 4.39 Å². The predicted molar refractivity (Wildman–Crippen MR) is 107 cm³/mol. The summed E-state index contributed by atoms with van der Waals surface area (Å²) in [4.78, 5) is 2.00. The maximum Gasteiger partial charge on any atom is 0.173 e. The van der Waals surface area contributed by atoms with E-state index < -0.39 is 0 Å². The first-order chi connectivity index (χ1) is 12.5. The minimum Gasteiger partial charge on any atom is -0.492 e. The first-order valence-electron chi connectivity index (χ1n) is 8.49. The number of rotatable bonds is 8. The topological polar surface area (TPSA) is 33.7 Å². The highest BCUT2D eigenvalue weighted by Gasteiger charge is 2.10. The summed E-state index contributed by atoms with van der Waals surface area (Å²) >= 11 is 5.56. The Morgan fingerprint density at radius 3 is 2.27 bits per heavy atom. The molecule has 0 saturated carbocycles. The monoisotopic (exact) mass is 376 g/mol. The van der Waals surface area contributed by atoms with Gasteiger partial charge in [0.1, 0.15) is 18.2 Å². The molecule has 0 heterocycles. The molecule has 4 nitrogen and oxygen atoms in total. The van der Waals surface area contributed by atoms with E-state index >= 15 is 0 Å². The average molecular weight is 376 g/mol. The number of ether oxygens (including phenoxy) is 2. The number of halogens is 1. The normalized spacial score (nSPS) is 10.5. The first kappa shape index (κ1) is 20.1. The van der Waals surface area contributed by atoms with Crippen LogP contribution in [0.15, 0.2) is 42.5 Å². The third-order valence-electron chi connectivity index (χ3n) is 3.77. The largest absolute Gasteiger partial charge is 0.492 e. The van der Waals surface area contributed by atoms with E-state index in [-0.39, 0.29) is 5.82 Å². The Morgan fingerprint density at radius 2 is 1.65 bits per heavy atom. The smallest absolute Gasteiger partial charge is 0.173 e. The lowest BCUT2D eigenvalue weighted by Gasteiger charge is -2.26. The number of hydrogen-bond donors (Lipinski definition) is 1. The van der Waals surface area contributed by atoms with E-state index in [2.05, 4.69) is 37.4 Å². The molecule has 0 aliphatic rings. The van der Waals surface area contributed by atoms with Crippen LogP contribution >= 0.6 is 12.2 Å². The van der Waals surface area contributed by atoms with Gasteiger partial charge in [0, 0.05) is 19.3 Å². The Labute approximate surface area is 159 Å². The van der Waals surface area contributed by atoms with Crippen molar-refractivity contribution >= 4 is 23.0 Å². The van der Waals surface area contributed by atoms with Crippen LogP contribution < -0.4 is 10.1 Å². The van der Waals surface area contributed by atoms with Gasteiger partial charge in [0.2, 0.25) is 0 Å². The Hall–Kier alpha value is -2.18. The van der Waals surface area contributed by atoms with Crippen LogP contribution in [-0.2, 0) is 4.74 Å². The highest BCUT2D eigenvalue weighted by Crippen LogP contribution is 2.15. The fraction of sp³-hybridized carbons (Fsp3) is 0.350. The SMILES string of the molecule is COCCN(CCOc1ccc(F)cc1)C(=S)Nc1cc(C)cc(C)c1. The molecule has 0 aliphatic carbocycles. The molecular weight excluding hydrogens is 351 g/mol. The zero-order chi connectivity index (χ0) is 18.9. The van der Waals surface area contributed by atoms with Crippen molar-refractivity contribution in [2.75, 3.05) is 38.7 Å². The number of aryl methyl sites for hydroxylation is 2. The zero-order valence-electron chi connectivity index (χ0n) is 15.4. The van der Waals surface area contributed by atoms with Gasteiger partial charge in [-0.05, 0) is 73.6 Å². The molecule has 0 bridgehead atoms. The maximum absolute atomic E-state index is 12.9. The Balaban J connectivity index is 1.93. The molecule has 1 N–H and O–H groups in total. The van der Waals surface area contributed by atoms with E-state index in [1.807, 2.05) is 4.90 Å². The number of thiocarbonyl (C=S) groups is 1.